The molecule has 2 N–H and O–H groups in total. The van der Waals surface area contributed by atoms with Crippen LogP contribution in [0.15, 0.2) is 24.3 Å². The number of hydrogen-bond acceptors (Lipinski definition) is 4. The van der Waals surface area contributed by atoms with Crippen LogP contribution >= 0.6 is 0 Å². The summed E-state index contributed by atoms with van der Waals surface area (Å²) in [6, 6.07) is 9.33. The molecule has 0 heterocycles. The molecule has 1 aromatic rings. The molecule has 0 unspecified atom stereocenters. The minimum atomic E-state index is -0.495. The second-order valence-electron chi connectivity index (χ2n) is 5.01. The number of nitriles is 1. The van der Waals surface area contributed by atoms with Crippen molar-refractivity contribution in [1.82, 2.24) is 5.32 Å². The zero-order valence-corrected chi connectivity index (χ0v) is 11.5. The van der Waals surface area contributed by atoms with Crippen molar-refractivity contribution in [3.05, 3.63) is 29.8 Å². The van der Waals surface area contributed by atoms with E-state index in [1.807, 2.05) is 39.0 Å². The molecule has 1 aromatic carbocycles. The first-order valence-corrected chi connectivity index (χ1v) is 6.12. The van der Waals surface area contributed by atoms with E-state index in [0.29, 0.717) is 18.7 Å². The van der Waals surface area contributed by atoms with Gasteiger partial charge in [-0.05, 0) is 32.9 Å². The van der Waals surface area contributed by atoms with Crippen molar-refractivity contribution in [2.24, 2.45) is 0 Å². The lowest BCUT2D eigenvalue weighted by molar-refractivity contribution is 0.0530. The Morgan fingerprint density at radius 3 is 2.63 bits per heavy atom. The van der Waals surface area contributed by atoms with Crippen molar-refractivity contribution in [3.63, 3.8) is 0 Å². The number of rotatable bonds is 4. The minimum Gasteiger partial charge on any atom is -0.444 e. The van der Waals surface area contributed by atoms with E-state index < -0.39 is 11.7 Å². The summed E-state index contributed by atoms with van der Waals surface area (Å²) in [6.07, 6.45) is -0.442. The lowest BCUT2D eigenvalue weighted by Gasteiger charge is -2.19. The fourth-order valence-corrected chi connectivity index (χ4v) is 1.41. The third-order valence-corrected chi connectivity index (χ3v) is 2.16. The summed E-state index contributed by atoms with van der Waals surface area (Å²) < 4.78 is 5.10. The summed E-state index contributed by atoms with van der Waals surface area (Å²) in [5.74, 6) is 0. The van der Waals surface area contributed by atoms with E-state index in [-0.39, 0.29) is 0 Å². The van der Waals surface area contributed by atoms with Crippen LogP contribution in [0.1, 0.15) is 26.3 Å². The Morgan fingerprint density at radius 2 is 2.00 bits per heavy atom. The molecule has 0 spiro atoms. The molecule has 19 heavy (non-hydrogen) atoms. The van der Waals surface area contributed by atoms with Crippen LogP contribution in [0, 0.1) is 11.3 Å². The average molecular weight is 261 g/mol. The second-order valence-corrected chi connectivity index (χ2v) is 5.01. The molecule has 0 atom stereocenters. The van der Waals surface area contributed by atoms with Crippen molar-refractivity contribution < 1.29 is 9.53 Å². The minimum absolute atomic E-state index is 0.425. The highest BCUT2D eigenvalue weighted by Gasteiger charge is 2.15. The Hall–Kier alpha value is -2.22. The van der Waals surface area contributed by atoms with Gasteiger partial charge in [-0.1, -0.05) is 12.1 Å². The second kappa shape index (κ2) is 6.64. The average Bonchev–Trinajstić information content (AvgIpc) is 2.33. The fourth-order valence-electron chi connectivity index (χ4n) is 1.41. The predicted octanol–water partition coefficient (Wildman–Crippen LogP) is 2.49. The maximum atomic E-state index is 11.4. The summed E-state index contributed by atoms with van der Waals surface area (Å²) in [7, 11) is 0. The van der Waals surface area contributed by atoms with E-state index in [0.717, 1.165) is 5.69 Å². The molecule has 5 nitrogen and oxygen atoms in total. The SMILES string of the molecule is CC(C)(C)OC(=O)NCCNc1ccccc1C#N. The number of alkyl carbamates (subject to hydrolysis) is 1. The fraction of sp³-hybridized carbons (Fsp3) is 0.429. The summed E-state index contributed by atoms with van der Waals surface area (Å²) in [5.41, 5.74) is 0.848. The number of para-hydroxylation sites is 1. The van der Waals surface area contributed by atoms with Gasteiger partial charge in [0, 0.05) is 13.1 Å². The summed E-state index contributed by atoms with van der Waals surface area (Å²) in [4.78, 5) is 11.4. The van der Waals surface area contributed by atoms with Gasteiger partial charge in [0.2, 0.25) is 0 Å². The smallest absolute Gasteiger partial charge is 0.407 e. The van der Waals surface area contributed by atoms with E-state index in [2.05, 4.69) is 16.7 Å². The number of carbonyl (C=O) groups excluding carboxylic acids is 1. The lowest BCUT2D eigenvalue weighted by atomic mass is 10.2. The van der Waals surface area contributed by atoms with Crippen LogP contribution in [0.2, 0.25) is 0 Å². The first kappa shape index (κ1) is 14.8. The van der Waals surface area contributed by atoms with E-state index in [4.69, 9.17) is 10.00 Å². The van der Waals surface area contributed by atoms with Crippen LogP contribution in [-0.4, -0.2) is 24.8 Å². The van der Waals surface area contributed by atoms with Crippen molar-refractivity contribution >= 4 is 11.8 Å². The highest BCUT2D eigenvalue weighted by Crippen LogP contribution is 2.12. The molecule has 102 valence electrons. The molecule has 0 saturated carbocycles. The van der Waals surface area contributed by atoms with Crippen LogP contribution in [0.25, 0.3) is 0 Å². The lowest BCUT2D eigenvalue weighted by Crippen LogP contribution is -2.35. The first-order valence-electron chi connectivity index (χ1n) is 6.12. The highest BCUT2D eigenvalue weighted by atomic mass is 16.6. The van der Waals surface area contributed by atoms with Crippen molar-refractivity contribution in [2.75, 3.05) is 18.4 Å². The predicted molar refractivity (Wildman–Crippen MR) is 73.9 cm³/mol. The molecule has 1 rings (SSSR count). The van der Waals surface area contributed by atoms with Crippen LogP contribution < -0.4 is 10.6 Å². The van der Waals surface area contributed by atoms with Gasteiger partial charge >= 0.3 is 6.09 Å². The number of hydrogen-bond donors (Lipinski definition) is 2. The molecule has 0 radical (unpaired) electrons. The monoisotopic (exact) mass is 261 g/mol. The molecule has 0 aliphatic carbocycles. The van der Waals surface area contributed by atoms with E-state index in [1.165, 1.54) is 0 Å². The van der Waals surface area contributed by atoms with Gasteiger partial charge in [-0.2, -0.15) is 5.26 Å². The topological polar surface area (TPSA) is 74.2 Å². The molecule has 5 heteroatoms. The number of ether oxygens (including phenoxy) is 1. The zero-order valence-electron chi connectivity index (χ0n) is 11.5. The van der Waals surface area contributed by atoms with Gasteiger partial charge in [0.15, 0.2) is 0 Å². The third kappa shape index (κ3) is 5.77. The molecule has 0 fully saturated rings. The molecular weight excluding hydrogens is 242 g/mol. The highest BCUT2D eigenvalue weighted by molar-refractivity contribution is 5.67. The molecule has 0 saturated heterocycles. The largest absolute Gasteiger partial charge is 0.444 e. The molecule has 0 aliphatic rings. The molecule has 0 bridgehead atoms. The Morgan fingerprint density at radius 1 is 1.32 bits per heavy atom. The van der Waals surface area contributed by atoms with Gasteiger partial charge < -0.3 is 15.4 Å². The Kier molecular flexibility index (Phi) is 5.19. The Balaban J connectivity index is 2.32. The summed E-state index contributed by atoms with van der Waals surface area (Å²) >= 11 is 0. The Bertz CT molecular complexity index is 472. The van der Waals surface area contributed by atoms with Crippen LogP contribution in [0.5, 0.6) is 0 Å². The van der Waals surface area contributed by atoms with Crippen LogP contribution in [0.3, 0.4) is 0 Å². The summed E-state index contributed by atoms with van der Waals surface area (Å²) in [6.45, 7) is 6.39. The van der Waals surface area contributed by atoms with E-state index in [9.17, 15) is 4.79 Å². The van der Waals surface area contributed by atoms with Gasteiger partial charge in [-0.15, -0.1) is 0 Å². The Labute approximate surface area is 113 Å². The number of benzene rings is 1. The molecular formula is C14H19N3O2. The van der Waals surface area contributed by atoms with Crippen molar-refractivity contribution in [2.45, 2.75) is 26.4 Å². The standard InChI is InChI=1S/C14H19N3O2/c1-14(2,3)19-13(18)17-9-8-16-12-7-5-4-6-11(12)10-15/h4-7,16H,8-9H2,1-3H3,(H,17,18). The maximum Gasteiger partial charge on any atom is 0.407 e. The quantitative estimate of drug-likeness (QED) is 0.817. The number of carbonyl (C=O) groups is 1. The van der Waals surface area contributed by atoms with Crippen molar-refractivity contribution in [3.8, 4) is 6.07 Å². The van der Waals surface area contributed by atoms with Gasteiger partial charge in [-0.25, -0.2) is 4.79 Å². The van der Waals surface area contributed by atoms with Gasteiger partial charge in [-0.3, -0.25) is 0 Å². The zero-order chi connectivity index (χ0) is 14.3. The van der Waals surface area contributed by atoms with Gasteiger partial charge in [0.25, 0.3) is 0 Å². The van der Waals surface area contributed by atoms with Crippen LogP contribution in [-0.2, 0) is 4.74 Å². The molecule has 1 amide bonds. The van der Waals surface area contributed by atoms with Gasteiger partial charge in [0.05, 0.1) is 11.3 Å². The van der Waals surface area contributed by atoms with E-state index >= 15 is 0 Å². The van der Waals surface area contributed by atoms with Crippen LogP contribution in [0.4, 0.5) is 10.5 Å². The number of nitrogens with zero attached hydrogens (tertiary/aromatic N) is 1. The number of amides is 1. The first-order chi connectivity index (χ1) is 8.92. The van der Waals surface area contributed by atoms with Crippen molar-refractivity contribution in [1.29, 1.82) is 5.26 Å². The number of nitrogens with one attached hydrogen (secondary N) is 2. The molecule has 0 aliphatic heterocycles. The van der Waals surface area contributed by atoms with E-state index in [1.54, 1.807) is 6.07 Å². The normalized spacial score (nSPS) is 10.4. The third-order valence-electron chi connectivity index (χ3n) is 2.16. The summed E-state index contributed by atoms with van der Waals surface area (Å²) in [5, 5.41) is 14.6. The number of anilines is 1. The maximum absolute atomic E-state index is 11.4. The van der Waals surface area contributed by atoms with Gasteiger partial charge in [0.1, 0.15) is 11.7 Å². The molecule has 0 aromatic heterocycles.